The summed E-state index contributed by atoms with van der Waals surface area (Å²) < 4.78 is 5.52. The molecule has 3 N–H and O–H groups in total. The molecular weight excluding hydrogens is 408 g/mol. The van der Waals surface area contributed by atoms with Crippen LogP contribution in [0.4, 0.5) is 4.79 Å². The molecule has 0 saturated heterocycles. The summed E-state index contributed by atoms with van der Waals surface area (Å²) in [5.41, 5.74) is 3.84. The minimum Gasteiger partial charge on any atom is -0.480 e. The van der Waals surface area contributed by atoms with Gasteiger partial charge in [-0.2, -0.15) is 0 Å². The third kappa shape index (κ3) is 4.33. The molecule has 0 aromatic heterocycles. The maximum absolute atomic E-state index is 12.6. The van der Waals surface area contributed by atoms with E-state index in [4.69, 9.17) is 4.74 Å². The highest BCUT2D eigenvalue weighted by atomic mass is 16.5. The summed E-state index contributed by atoms with van der Waals surface area (Å²) in [7, 11) is 0. The number of rotatable bonds is 9. The standard InChI is InChI=1S/C25H28N2O5/c1-2-7-21(22(28)29)27-23(30)25(12-13-25)15-26-24(31)32-14-20-18-10-5-3-8-16(18)17-9-4-6-11-19(17)20/h3-6,8-11,20-21H,2,7,12-15H2,1H3,(H,26,31)(H,27,30)(H,28,29)/t21-/m0/s1. The lowest BCUT2D eigenvalue weighted by atomic mass is 9.98. The number of carboxylic acids is 1. The van der Waals surface area contributed by atoms with Crippen LogP contribution in [0.25, 0.3) is 11.1 Å². The van der Waals surface area contributed by atoms with Gasteiger partial charge in [0.1, 0.15) is 12.6 Å². The molecule has 1 fully saturated rings. The molecule has 2 aliphatic carbocycles. The van der Waals surface area contributed by atoms with Gasteiger partial charge in [-0.05, 0) is 41.5 Å². The van der Waals surface area contributed by atoms with E-state index in [1.54, 1.807) is 0 Å². The summed E-state index contributed by atoms with van der Waals surface area (Å²) in [5, 5.41) is 14.6. The number of alkyl carbamates (subject to hydrolysis) is 1. The number of benzene rings is 2. The first-order valence-corrected chi connectivity index (χ1v) is 11.1. The molecule has 0 spiro atoms. The van der Waals surface area contributed by atoms with Crippen molar-refractivity contribution in [3.63, 3.8) is 0 Å². The molecule has 1 atom stereocenters. The topological polar surface area (TPSA) is 105 Å². The summed E-state index contributed by atoms with van der Waals surface area (Å²) in [6.07, 6.45) is 1.68. The Balaban J connectivity index is 1.32. The molecule has 0 heterocycles. The molecule has 32 heavy (non-hydrogen) atoms. The first kappa shape index (κ1) is 21.9. The smallest absolute Gasteiger partial charge is 0.407 e. The molecule has 0 aliphatic heterocycles. The van der Waals surface area contributed by atoms with Gasteiger partial charge >= 0.3 is 12.1 Å². The Kier molecular flexibility index (Phi) is 6.17. The van der Waals surface area contributed by atoms with E-state index in [0.29, 0.717) is 25.7 Å². The Morgan fingerprint density at radius 3 is 2.19 bits per heavy atom. The van der Waals surface area contributed by atoms with Crippen LogP contribution >= 0.6 is 0 Å². The van der Waals surface area contributed by atoms with Gasteiger partial charge in [-0.3, -0.25) is 4.79 Å². The number of hydrogen-bond donors (Lipinski definition) is 3. The van der Waals surface area contributed by atoms with E-state index >= 15 is 0 Å². The predicted octanol–water partition coefficient (Wildman–Crippen LogP) is 3.67. The quantitative estimate of drug-likeness (QED) is 0.556. The zero-order valence-electron chi connectivity index (χ0n) is 18.1. The number of carbonyl (C=O) groups excluding carboxylic acids is 2. The van der Waals surface area contributed by atoms with Crippen molar-refractivity contribution in [1.82, 2.24) is 10.6 Å². The summed E-state index contributed by atoms with van der Waals surface area (Å²) in [6.45, 7) is 2.21. The van der Waals surface area contributed by atoms with Gasteiger partial charge < -0.3 is 20.5 Å². The van der Waals surface area contributed by atoms with Gasteiger partial charge in [-0.15, -0.1) is 0 Å². The Hall–Kier alpha value is -3.35. The second-order valence-electron chi connectivity index (χ2n) is 8.61. The minimum absolute atomic E-state index is 0.0308. The predicted molar refractivity (Wildman–Crippen MR) is 119 cm³/mol. The van der Waals surface area contributed by atoms with Gasteiger partial charge in [0.2, 0.25) is 5.91 Å². The lowest BCUT2D eigenvalue weighted by Crippen LogP contribution is -2.47. The molecule has 2 aromatic rings. The van der Waals surface area contributed by atoms with Crippen molar-refractivity contribution in [2.75, 3.05) is 13.2 Å². The fourth-order valence-corrected chi connectivity index (χ4v) is 4.38. The molecular formula is C25H28N2O5. The summed E-state index contributed by atoms with van der Waals surface area (Å²) in [4.78, 5) is 36.3. The Bertz CT molecular complexity index is 985. The van der Waals surface area contributed by atoms with Gasteiger partial charge in [-0.1, -0.05) is 61.9 Å². The number of carbonyl (C=O) groups is 3. The highest BCUT2D eigenvalue weighted by molar-refractivity contribution is 5.90. The second kappa shape index (κ2) is 9.02. The monoisotopic (exact) mass is 436 g/mol. The van der Waals surface area contributed by atoms with E-state index in [1.165, 1.54) is 0 Å². The van der Waals surface area contributed by atoms with Crippen LogP contribution in [-0.2, 0) is 14.3 Å². The molecule has 7 nitrogen and oxygen atoms in total. The number of ether oxygens (including phenoxy) is 1. The van der Waals surface area contributed by atoms with Crippen molar-refractivity contribution in [2.45, 2.75) is 44.6 Å². The van der Waals surface area contributed by atoms with Gasteiger partial charge in [0, 0.05) is 12.5 Å². The average Bonchev–Trinajstić information content (AvgIpc) is 3.53. The van der Waals surface area contributed by atoms with Crippen molar-refractivity contribution in [3.05, 3.63) is 59.7 Å². The fraction of sp³-hybridized carbons (Fsp3) is 0.400. The molecule has 2 aliphatic rings. The van der Waals surface area contributed by atoms with Crippen molar-refractivity contribution in [3.8, 4) is 11.1 Å². The van der Waals surface area contributed by atoms with Crippen molar-refractivity contribution >= 4 is 18.0 Å². The van der Waals surface area contributed by atoms with E-state index in [0.717, 1.165) is 22.3 Å². The lowest BCUT2D eigenvalue weighted by Gasteiger charge is -2.20. The maximum Gasteiger partial charge on any atom is 0.407 e. The van der Waals surface area contributed by atoms with Crippen molar-refractivity contribution in [1.29, 1.82) is 0 Å². The number of aliphatic carboxylic acids is 1. The summed E-state index contributed by atoms with van der Waals surface area (Å²) in [5.74, 6) is -1.39. The number of carboxylic acid groups (broad SMARTS) is 1. The highest BCUT2D eigenvalue weighted by Crippen LogP contribution is 2.46. The number of nitrogens with one attached hydrogen (secondary N) is 2. The number of fused-ring (bicyclic) bond motifs is 3. The van der Waals surface area contributed by atoms with Crippen LogP contribution in [0.5, 0.6) is 0 Å². The number of amides is 2. The van der Waals surface area contributed by atoms with E-state index in [-0.39, 0.29) is 25.0 Å². The first-order valence-electron chi connectivity index (χ1n) is 11.1. The zero-order chi connectivity index (χ0) is 22.7. The molecule has 2 amide bonds. The van der Waals surface area contributed by atoms with Crippen LogP contribution in [0, 0.1) is 5.41 Å². The van der Waals surface area contributed by atoms with Gasteiger partial charge in [0.15, 0.2) is 0 Å². The molecule has 4 rings (SSSR count). The molecule has 2 aromatic carbocycles. The van der Waals surface area contributed by atoms with Gasteiger partial charge in [0.05, 0.1) is 5.41 Å². The van der Waals surface area contributed by atoms with Crippen LogP contribution in [0.1, 0.15) is 49.7 Å². The minimum atomic E-state index is -1.04. The van der Waals surface area contributed by atoms with E-state index < -0.39 is 23.5 Å². The lowest BCUT2D eigenvalue weighted by molar-refractivity contribution is -0.142. The molecule has 0 radical (unpaired) electrons. The van der Waals surface area contributed by atoms with Crippen LogP contribution in [0.3, 0.4) is 0 Å². The maximum atomic E-state index is 12.6. The Morgan fingerprint density at radius 2 is 1.66 bits per heavy atom. The third-order valence-corrected chi connectivity index (χ3v) is 6.43. The van der Waals surface area contributed by atoms with Crippen molar-refractivity contribution < 1.29 is 24.2 Å². The van der Waals surface area contributed by atoms with Gasteiger partial charge in [-0.25, -0.2) is 9.59 Å². The molecule has 0 unspecified atom stereocenters. The van der Waals surface area contributed by atoms with Crippen LogP contribution in [0.2, 0.25) is 0 Å². The Morgan fingerprint density at radius 1 is 1.06 bits per heavy atom. The van der Waals surface area contributed by atoms with E-state index in [9.17, 15) is 19.5 Å². The van der Waals surface area contributed by atoms with Crippen LogP contribution in [-0.4, -0.2) is 42.3 Å². The second-order valence-corrected chi connectivity index (χ2v) is 8.61. The molecule has 0 bridgehead atoms. The summed E-state index contributed by atoms with van der Waals surface area (Å²) in [6, 6.07) is 15.3. The average molecular weight is 437 g/mol. The van der Waals surface area contributed by atoms with Crippen LogP contribution < -0.4 is 10.6 Å². The Labute approximate surface area is 187 Å². The van der Waals surface area contributed by atoms with E-state index in [2.05, 4.69) is 34.9 Å². The molecule has 168 valence electrons. The third-order valence-electron chi connectivity index (χ3n) is 6.43. The summed E-state index contributed by atoms with van der Waals surface area (Å²) >= 11 is 0. The zero-order valence-corrected chi connectivity index (χ0v) is 18.1. The van der Waals surface area contributed by atoms with E-state index in [1.807, 2.05) is 31.2 Å². The number of hydrogen-bond acceptors (Lipinski definition) is 4. The highest BCUT2D eigenvalue weighted by Gasteiger charge is 2.50. The van der Waals surface area contributed by atoms with Crippen LogP contribution in [0.15, 0.2) is 48.5 Å². The first-order chi connectivity index (χ1) is 15.4. The fourth-order valence-electron chi connectivity index (χ4n) is 4.38. The molecule has 7 heteroatoms. The largest absolute Gasteiger partial charge is 0.480 e. The van der Waals surface area contributed by atoms with Gasteiger partial charge in [0.25, 0.3) is 0 Å². The van der Waals surface area contributed by atoms with Crippen molar-refractivity contribution in [2.24, 2.45) is 5.41 Å². The SMILES string of the molecule is CCC[C@H](NC(=O)C1(CNC(=O)OCC2c3ccccc3-c3ccccc32)CC1)C(=O)O. The molecule has 1 saturated carbocycles. The normalized spacial score (nSPS) is 16.4.